The molecule has 0 aliphatic rings. The predicted molar refractivity (Wildman–Crippen MR) is 102 cm³/mol. The third kappa shape index (κ3) is 4.70. The van der Waals surface area contributed by atoms with E-state index in [-0.39, 0.29) is 11.7 Å². The molecular weight excluding hydrogens is 333 g/mol. The van der Waals surface area contributed by atoms with E-state index in [2.05, 4.69) is 5.32 Å². The highest BCUT2D eigenvalue weighted by atomic mass is 32.2. The molecule has 0 aromatic heterocycles. The molecule has 1 amide bonds. The highest BCUT2D eigenvalue weighted by molar-refractivity contribution is 7.98. The van der Waals surface area contributed by atoms with Crippen LogP contribution in [0, 0.1) is 12.7 Å². The van der Waals surface area contributed by atoms with Crippen LogP contribution in [-0.4, -0.2) is 5.91 Å². The van der Waals surface area contributed by atoms with Gasteiger partial charge in [-0.05, 0) is 55.0 Å². The first-order valence-electron chi connectivity index (χ1n) is 7.96. The lowest BCUT2D eigenvalue weighted by Gasteiger charge is -2.07. The first kappa shape index (κ1) is 17.2. The maximum absolute atomic E-state index is 13.6. The quantitative estimate of drug-likeness (QED) is 0.599. The minimum atomic E-state index is -0.183. The van der Waals surface area contributed by atoms with E-state index in [1.54, 1.807) is 23.9 Å². The Morgan fingerprint density at radius 1 is 0.960 bits per heavy atom. The van der Waals surface area contributed by atoms with E-state index in [4.69, 9.17) is 0 Å². The zero-order valence-electron chi connectivity index (χ0n) is 13.8. The summed E-state index contributed by atoms with van der Waals surface area (Å²) in [5.74, 6) is 0.255. The Balaban J connectivity index is 1.59. The summed E-state index contributed by atoms with van der Waals surface area (Å²) >= 11 is 1.56. The van der Waals surface area contributed by atoms with Gasteiger partial charge in [0.05, 0.1) is 0 Å². The molecule has 0 fully saturated rings. The molecule has 0 atom stereocenters. The van der Waals surface area contributed by atoms with Gasteiger partial charge in [0.1, 0.15) is 5.82 Å². The van der Waals surface area contributed by atoms with E-state index in [1.165, 1.54) is 6.07 Å². The summed E-state index contributed by atoms with van der Waals surface area (Å²) in [5.41, 5.74) is 3.17. The fourth-order valence-corrected chi connectivity index (χ4v) is 3.20. The van der Waals surface area contributed by atoms with Crippen molar-refractivity contribution in [3.05, 3.63) is 95.3 Å². The first-order chi connectivity index (χ1) is 12.1. The Kier molecular flexibility index (Phi) is 5.51. The molecule has 0 saturated heterocycles. The molecule has 0 unspecified atom stereocenters. The van der Waals surface area contributed by atoms with Gasteiger partial charge in [-0.2, -0.15) is 0 Å². The van der Waals surface area contributed by atoms with Crippen molar-refractivity contribution in [3.8, 4) is 0 Å². The van der Waals surface area contributed by atoms with Gasteiger partial charge in [-0.1, -0.05) is 35.9 Å². The van der Waals surface area contributed by atoms with Crippen molar-refractivity contribution in [2.75, 3.05) is 5.32 Å². The van der Waals surface area contributed by atoms with Gasteiger partial charge in [-0.3, -0.25) is 4.79 Å². The summed E-state index contributed by atoms with van der Waals surface area (Å²) in [6.45, 7) is 1.99. The van der Waals surface area contributed by atoms with Crippen LogP contribution in [0.1, 0.15) is 21.5 Å². The number of halogens is 1. The van der Waals surface area contributed by atoms with E-state index in [1.807, 2.05) is 61.5 Å². The number of carbonyl (C=O) groups is 1. The van der Waals surface area contributed by atoms with Crippen molar-refractivity contribution < 1.29 is 9.18 Å². The number of nitrogens with one attached hydrogen (secondary N) is 1. The summed E-state index contributed by atoms with van der Waals surface area (Å²) < 4.78 is 13.6. The zero-order chi connectivity index (χ0) is 17.6. The molecule has 25 heavy (non-hydrogen) atoms. The van der Waals surface area contributed by atoms with Gasteiger partial charge in [0.25, 0.3) is 5.91 Å². The Bertz CT molecular complexity index is 860. The Morgan fingerprint density at radius 3 is 2.32 bits per heavy atom. The molecular formula is C21H18FNOS. The van der Waals surface area contributed by atoms with Crippen molar-refractivity contribution >= 4 is 23.4 Å². The monoisotopic (exact) mass is 351 g/mol. The number of anilines is 1. The van der Waals surface area contributed by atoms with Gasteiger partial charge in [-0.15, -0.1) is 11.8 Å². The summed E-state index contributed by atoms with van der Waals surface area (Å²) in [6.07, 6.45) is 0. The number of benzene rings is 3. The first-order valence-corrected chi connectivity index (χ1v) is 8.95. The minimum Gasteiger partial charge on any atom is -0.322 e. The summed E-state index contributed by atoms with van der Waals surface area (Å²) in [6, 6.07) is 21.8. The predicted octanol–water partition coefficient (Wildman–Crippen LogP) is 5.68. The zero-order valence-corrected chi connectivity index (χ0v) is 14.6. The standard InChI is InChI=1S/C21H18FNOS/c1-15-6-8-16(9-7-15)21(24)23-18-10-12-19(13-11-18)25-14-17-4-2-3-5-20(17)22/h2-13H,14H2,1H3,(H,23,24). The van der Waals surface area contributed by atoms with Crippen molar-refractivity contribution in [1.29, 1.82) is 0 Å². The van der Waals surface area contributed by atoms with Gasteiger partial charge >= 0.3 is 0 Å². The van der Waals surface area contributed by atoms with E-state index in [0.29, 0.717) is 16.9 Å². The van der Waals surface area contributed by atoms with E-state index in [9.17, 15) is 9.18 Å². The van der Waals surface area contributed by atoms with Crippen LogP contribution in [0.2, 0.25) is 0 Å². The number of rotatable bonds is 5. The number of amides is 1. The smallest absolute Gasteiger partial charge is 0.255 e. The van der Waals surface area contributed by atoms with E-state index in [0.717, 1.165) is 16.1 Å². The van der Waals surface area contributed by atoms with Crippen molar-refractivity contribution in [2.24, 2.45) is 0 Å². The van der Waals surface area contributed by atoms with Gasteiger partial charge < -0.3 is 5.32 Å². The third-order valence-corrected chi connectivity index (χ3v) is 4.84. The molecule has 0 saturated carbocycles. The summed E-state index contributed by atoms with van der Waals surface area (Å²) in [5, 5.41) is 2.88. The number of thioether (sulfide) groups is 1. The molecule has 0 radical (unpaired) electrons. The average Bonchev–Trinajstić information content (AvgIpc) is 2.63. The van der Waals surface area contributed by atoms with E-state index < -0.39 is 0 Å². The third-order valence-electron chi connectivity index (χ3n) is 3.78. The lowest BCUT2D eigenvalue weighted by molar-refractivity contribution is 0.102. The molecule has 0 aliphatic heterocycles. The van der Waals surface area contributed by atoms with Crippen LogP contribution in [0.3, 0.4) is 0 Å². The summed E-state index contributed by atoms with van der Waals surface area (Å²) in [4.78, 5) is 13.2. The van der Waals surface area contributed by atoms with Gasteiger partial charge in [0.2, 0.25) is 0 Å². The van der Waals surface area contributed by atoms with Crippen LogP contribution < -0.4 is 5.32 Å². The van der Waals surface area contributed by atoms with Crippen molar-refractivity contribution in [2.45, 2.75) is 17.6 Å². The number of carbonyl (C=O) groups excluding carboxylic acids is 1. The van der Waals surface area contributed by atoms with Gasteiger partial charge in [0.15, 0.2) is 0 Å². The van der Waals surface area contributed by atoms with Crippen LogP contribution in [0.25, 0.3) is 0 Å². The SMILES string of the molecule is Cc1ccc(C(=O)Nc2ccc(SCc3ccccc3F)cc2)cc1. The maximum Gasteiger partial charge on any atom is 0.255 e. The van der Waals surface area contributed by atoms with Crippen LogP contribution in [0.4, 0.5) is 10.1 Å². The van der Waals surface area contributed by atoms with Crippen molar-refractivity contribution in [3.63, 3.8) is 0 Å². The number of hydrogen-bond donors (Lipinski definition) is 1. The molecule has 4 heteroatoms. The second kappa shape index (κ2) is 7.99. The number of hydrogen-bond acceptors (Lipinski definition) is 2. The van der Waals surface area contributed by atoms with Gasteiger partial charge in [0, 0.05) is 21.9 Å². The molecule has 0 spiro atoms. The highest BCUT2D eigenvalue weighted by Gasteiger charge is 2.06. The molecule has 3 aromatic rings. The lowest BCUT2D eigenvalue weighted by atomic mass is 10.1. The molecule has 0 heterocycles. The molecule has 3 aromatic carbocycles. The minimum absolute atomic E-state index is 0.133. The van der Waals surface area contributed by atoms with Crippen LogP contribution in [-0.2, 0) is 5.75 Å². The molecule has 0 bridgehead atoms. The molecule has 0 aliphatic carbocycles. The fraction of sp³-hybridized carbons (Fsp3) is 0.0952. The van der Waals surface area contributed by atoms with E-state index >= 15 is 0 Å². The molecule has 126 valence electrons. The van der Waals surface area contributed by atoms with Crippen LogP contribution in [0.15, 0.2) is 77.7 Å². The lowest BCUT2D eigenvalue weighted by Crippen LogP contribution is -2.11. The Hall–Kier alpha value is -2.59. The normalized spacial score (nSPS) is 10.5. The number of aryl methyl sites for hydroxylation is 1. The fourth-order valence-electron chi connectivity index (χ4n) is 2.32. The summed E-state index contributed by atoms with van der Waals surface area (Å²) in [7, 11) is 0. The maximum atomic E-state index is 13.6. The Labute approximate surface area is 151 Å². The second-order valence-corrected chi connectivity index (χ2v) is 6.77. The van der Waals surface area contributed by atoms with Crippen LogP contribution in [0.5, 0.6) is 0 Å². The molecule has 2 nitrogen and oxygen atoms in total. The second-order valence-electron chi connectivity index (χ2n) is 5.72. The highest BCUT2D eigenvalue weighted by Crippen LogP contribution is 2.25. The topological polar surface area (TPSA) is 29.1 Å². The average molecular weight is 351 g/mol. The Morgan fingerprint density at radius 2 is 1.64 bits per heavy atom. The largest absolute Gasteiger partial charge is 0.322 e. The molecule has 3 rings (SSSR count). The van der Waals surface area contributed by atoms with Gasteiger partial charge in [-0.25, -0.2) is 4.39 Å². The molecule has 1 N–H and O–H groups in total. The van der Waals surface area contributed by atoms with Crippen LogP contribution >= 0.6 is 11.8 Å². The van der Waals surface area contributed by atoms with Crippen molar-refractivity contribution in [1.82, 2.24) is 0 Å².